The maximum atomic E-state index is 4.68. The maximum absolute atomic E-state index is 4.68. The monoisotopic (exact) mass is 373 g/mol. The molecule has 1 aliphatic rings. The van der Waals surface area contributed by atoms with Crippen molar-refractivity contribution in [3.8, 4) is 0 Å². The summed E-state index contributed by atoms with van der Waals surface area (Å²) in [6.07, 6.45) is 0. The highest BCUT2D eigenvalue weighted by Crippen LogP contribution is 2.22. The van der Waals surface area contributed by atoms with E-state index >= 15 is 0 Å². The van der Waals surface area contributed by atoms with Gasteiger partial charge in [-0.25, -0.2) is 9.97 Å². The van der Waals surface area contributed by atoms with E-state index in [4.69, 9.17) is 0 Å². The Hall–Kier alpha value is -2.92. The third-order valence-electron chi connectivity index (χ3n) is 5.06. The molecule has 0 spiro atoms. The van der Waals surface area contributed by atoms with Crippen molar-refractivity contribution in [1.29, 1.82) is 0 Å². The molecule has 0 saturated carbocycles. The second-order valence-corrected chi connectivity index (χ2v) is 7.40. The van der Waals surface area contributed by atoms with Gasteiger partial charge in [-0.05, 0) is 37.1 Å². The predicted octanol–water partition coefficient (Wildman–Crippen LogP) is 4.16. The summed E-state index contributed by atoms with van der Waals surface area (Å²) >= 11 is 0. The number of aryl methyl sites for hydroxylation is 2. The number of rotatable bonds is 5. The number of benzene rings is 2. The number of hydrogen-bond acceptors (Lipinski definition) is 5. The molecular formula is C23H27N5. The Morgan fingerprint density at radius 1 is 0.857 bits per heavy atom. The van der Waals surface area contributed by atoms with Gasteiger partial charge in [0.2, 0.25) is 0 Å². The lowest BCUT2D eigenvalue weighted by Crippen LogP contribution is -2.46. The van der Waals surface area contributed by atoms with Crippen LogP contribution in [-0.2, 0) is 6.54 Å². The minimum Gasteiger partial charge on any atom is -0.354 e. The summed E-state index contributed by atoms with van der Waals surface area (Å²) in [7, 11) is 0. The predicted molar refractivity (Wildman–Crippen MR) is 115 cm³/mol. The number of nitrogens with zero attached hydrogens (tertiary/aromatic N) is 4. The van der Waals surface area contributed by atoms with Crippen LogP contribution in [0.3, 0.4) is 0 Å². The average molecular weight is 374 g/mol. The topological polar surface area (TPSA) is 44.3 Å². The molecule has 5 heteroatoms. The molecule has 2 aromatic carbocycles. The van der Waals surface area contributed by atoms with Crippen LogP contribution in [0.1, 0.15) is 17.0 Å². The van der Waals surface area contributed by atoms with Crippen molar-refractivity contribution in [2.75, 3.05) is 36.4 Å². The van der Waals surface area contributed by atoms with E-state index in [2.05, 4.69) is 92.7 Å². The molecule has 28 heavy (non-hydrogen) atoms. The lowest BCUT2D eigenvalue weighted by molar-refractivity contribution is 0.249. The van der Waals surface area contributed by atoms with Gasteiger partial charge in [0, 0.05) is 44.5 Å². The molecule has 3 aromatic rings. The van der Waals surface area contributed by atoms with Gasteiger partial charge in [-0.15, -0.1) is 0 Å². The van der Waals surface area contributed by atoms with Crippen LogP contribution in [0.15, 0.2) is 60.7 Å². The summed E-state index contributed by atoms with van der Waals surface area (Å²) in [6.45, 7) is 9.10. The van der Waals surface area contributed by atoms with Crippen LogP contribution in [0.4, 0.5) is 17.3 Å². The normalized spacial score (nSPS) is 14.9. The average Bonchev–Trinajstić information content (AvgIpc) is 2.69. The van der Waals surface area contributed by atoms with Crippen LogP contribution in [0.2, 0.25) is 0 Å². The molecule has 0 bridgehead atoms. The molecule has 2 heterocycles. The Morgan fingerprint density at radius 3 is 2.39 bits per heavy atom. The van der Waals surface area contributed by atoms with Crippen molar-refractivity contribution in [3.63, 3.8) is 0 Å². The zero-order chi connectivity index (χ0) is 19.3. The van der Waals surface area contributed by atoms with Crippen LogP contribution >= 0.6 is 0 Å². The summed E-state index contributed by atoms with van der Waals surface area (Å²) in [5, 5.41) is 3.42. The van der Waals surface area contributed by atoms with E-state index in [0.717, 1.165) is 55.9 Å². The largest absolute Gasteiger partial charge is 0.354 e. The molecule has 1 aromatic heterocycles. The van der Waals surface area contributed by atoms with E-state index < -0.39 is 0 Å². The molecule has 5 nitrogen and oxygen atoms in total. The van der Waals surface area contributed by atoms with Crippen LogP contribution < -0.4 is 10.2 Å². The molecule has 1 saturated heterocycles. The van der Waals surface area contributed by atoms with Crippen LogP contribution in [0.25, 0.3) is 0 Å². The molecular weight excluding hydrogens is 346 g/mol. The second-order valence-electron chi connectivity index (χ2n) is 7.40. The minimum absolute atomic E-state index is 0.791. The molecule has 0 atom stereocenters. The zero-order valence-electron chi connectivity index (χ0n) is 16.6. The number of nitrogens with one attached hydrogen (secondary N) is 1. The first-order chi connectivity index (χ1) is 13.7. The van der Waals surface area contributed by atoms with E-state index in [9.17, 15) is 0 Å². The number of anilines is 3. The van der Waals surface area contributed by atoms with Gasteiger partial charge < -0.3 is 10.2 Å². The van der Waals surface area contributed by atoms with Crippen LogP contribution in [0.5, 0.6) is 0 Å². The summed E-state index contributed by atoms with van der Waals surface area (Å²) < 4.78 is 0. The molecule has 0 unspecified atom stereocenters. The van der Waals surface area contributed by atoms with Gasteiger partial charge in [-0.1, -0.05) is 42.5 Å². The highest BCUT2D eigenvalue weighted by atomic mass is 15.3. The Balaban J connectivity index is 1.41. The fraction of sp³-hybridized carbons (Fsp3) is 0.304. The van der Waals surface area contributed by atoms with Crippen molar-refractivity contribution in [1.82, 2.24) is 14.9 Å². The first-order valence-corrected chi connectivity index (χ1v) is 9.86. The Morgan fingerprint density at radius 2 is 1.64 bits per heavy atom. The molecule has 0 radical (unpaired) electrons. The first-order valence-electron chi connectivity index (χ1n) is 9.86. The smallest absolute Gasteiger partial charge is 0.136 e. The third-order valence-corrected chi connectivity index (χ3v) is 5.06. The minimum atomic E-state index is 0.791. The highest BCUT2D eigenvalue weighted by Gasteiger charge is 2.19. The molecule has 1 N–H and O–H groups in total. The van der Waals surface area contributed by atoms with E-state index in [1.54, 1.807) is 0 Å². The fourth-order valence-corrected chi connectivity index (χ4v) is 3.63. The van der Waals surface area contributed by atoms with E-state index in [1.807, 2.05) is 6.92 Å². The Labute approximate surface area is 167 Å². The summed E-state index contributed by atoms with van der Waals surface area (Å²) in [5.41, 5.74) is 3.65. The molecule has 4 rings (SSSR count). The van der Waals surface area contributed by atoms with E-state index in [1.165, 1.54) is 11.1 Å². The molecule has 144 valence electrons. The summed E-state index contributed by atoms with van der Waals surface area (Å²) in [4.78, 5) is 14.1. The Kier molecular flexibility index (Phi) is 5.53. The molecule has 1 fully saturated rings. The number of piperazine rings is 1. The first kappa shape index (κ1) is 18.4. The van der Waals surface area contributed by atoms with Crippen molar-refractivity contribution < 1.29 is 0 Å². The fourth-order valence-electron chi connectivity index (χ4n) is 3.63. The quantitative estimate of drug-likeness (QED) is 0.727. The van der Waals surface area contributed by atoms with Crippen molar-refractivity contribution >= 4 is 17.3 Å². The van der Waals surface area contributed by atoms with Gasteiger partial charge in [-0.2, -0.15) is 0 Å². The second kappa shape index (κ2) is 8.40. The lowest BCUT2D eigenvalue weighted by atomic mass is 10.2. The van der Waals surface area contributed by atoms with Crippen LogP contribution in [0, 0.1) is 13.8 Å². The highest BCUT2D eigenvalue weighted by molar-refractivity contribution is 5.60. The summed E-state index contributed by atoms with van der Waals surface area (Å²) in [6, 6.07) is 21.1. The maximum Gasteiger partial charge on any atom is 0.136 e. The van der Waals surface area contributed by atoms with Gasteiger partial charge in [-0.3, -0.25) is 4.90 Å². The standard InChI is InChI=1S/C23H27N5/c1-18-7-6-10-21(15-18)26-22-16-23(25-19(2)24-22)28-13-11-27(12-14-28)17-20-8-4-3-5-9-20/h3-10,15-16H,11-14,17H2,1-2H3,(H,24,25,26). The zero-order valence-corrected chi connectivity index (χ0v) is 16.6. The third kappa shape index (κ3) is 4.67. The van der Waals surface area contributed by atoms with Gasteiger partial charge in [0.15, 0.2) is 0 Å². The number of hydrogen-bond donors (Lipinski definition) is 1. The van der Waals surface area contributed by atoms with E-state index in [0.29, 0.717) is 0 Å². The van der Waals surface area contributed by atoms with Crippen molar-refractivity contribution in [3.05, 3.63) is 77.6 Å². The molecule has 0 aliphatic carbocycles. The summed E-state index contributed by atoms with van der Waals surface area (Å²) in [5.74, 6) is 2.64. The Bertz CT molecular complexity index is 917. The number of aromatic nitrogens is 2. The van der Waals surface area contributed by atoms with Gasteiger partial charge in [0.1, 0.15) is 17.5 Å². The van der Waals surface area contributed by atoms with Crippen molar-refractivity contribution in [2.45, 2.75) is 20.4 Å². The lowest BCUT2D eigenvalue weighted by Gasteiger charge is -2.35. The SMILES string of the molecule is Cc1cccc(Nc2cc(N3CCN(Cc4ccccc4)CC3)nc(C)n2)c1. The van der Waals surface area contributed by atoms with Gasteiger partial charge in [0.25, 0.3) is 0 Å². The van der Waals surface area contributed by atoms with Crippen molar-refractivity contribution in [2.24, 2.45) is 0 Å². The molecule has 1 aliphatic heterocycles. The van der Waals surface area contributed by atoms with Gasteiger partial charge >= 0.3 is 0 Å². The molecule has 0 amide bonds. The van der Waals surface area contributed by atoms with Crippen LogP contribution in [-0.4, -0.2) is 41.0 Å². The van der Waals surface area contributed by atoms with E-state index in [-0.39, 0.29) is 0 Å². The van der Waals surface area contributed by atoms with Gasteiger partial charge in [0.05, 0.1) is 0 Å².